The van der Waals surface area contributed by atoms with Gasteiger partial charge < -0.3 is 19.6 Å². The highest BCUT2D eigenvalue weighted by Crippen LogP contribution is 2.42. The molecule has 1 aliphatic heterocycles. The lowest BCUT2D eigenvalue weighted by Gasteiger charge is -2.23. The van der Waals surface area contributed by atoms with Gasteiger partial charge in [0.2, 0.25) is 5.95 Å². The predicted octanol–water partition coefficient (Wildman–Crippen LogP) is 5.60. The Kier molecular flexibility index (Phi) is 6.63. The first-order valence-corrected chi connectivity index (χ1v) is 12.5. The van der Waals surface area contributed by atoms with Crippen LogP contribution < -0.4 is 14.4 Å². The number of amides is 1. The molecule has 38 heavy (non-hydrogen) atoms. The molecule has 8 heteroatoms. The van der Waals surface area contributed by atoms with E-state index in [-0.39, 0.29) is 17.3 Å². The summed E-state index contributed by atoms with van der Waals surface area (Å²) in [4.78, 5) is 36.1. The number of aliphatic hydroxyl groups excluding tert-OH is 1. The number of ether oxygens (including phenoxy) is 2. The summed E-state index contributed by atoms with van der Waals surface area (Å²) in [5.74, 6) is -0.419. The predicted molar refractivity (Wildman–Crippen MR) is 146 cm³/mol. The average Bonchev–Trinajstić information content (AvgIpc) is 3.44. The van der Waals surface area contributed by atoms with Gasteiger partial charge in [0.15, 0.2) is 0 Å². The summed E-state index contributed by atoms with van der Waals surface area (Å²) in [6.45, 7) is 6.57. The number of Topliss-reactive ketones (excluding diaryl/α,β-unsaturated/α-hetero) is 1. The summed E-state index contributed by atoms with van der Waals surface area (Å²) in [6.07, 6.45) is 0.868. The van der Waals surface area contributed by atoms with E-state index in [1.807, 2.05) is 32.9 Å². The Morgan fingerprint density at radius 2 is 1.76 bits per heavy atom. The van der Waals surface area contributed by atoms with Crippen molar-refractivity contribution in [2.45, 2.75) is 33.2 Å². The van der Waals surface area contributed by atoms with E-state index in [2.05, 4.69) is 9.97 Å². The van der Waals surface area contributed by atoms with E-state index in [1.165, 1.54) is 4.90 Å². The number of methoxy groups -OCH3 is 1. The number of carbonyl (C=O) groups excluding carboxylic acids is 2. The molecule has 8 nitrogen and oxygen atoms in total. The first kappa shape index (κ1) is 25.1. The largest absolute Gasteiger partial charge is 0.507 e. The van der Waals surface area contributed by atoms with Gasteiger partial charge in [0.1, 0.15) is 17.3 Å². The van der Waals surface area contributed by atoms with Gasteiger partial charge in [-0.25, -0.2) is 4.98 Å². The van der Waals surface area contributed by atoms with Crippen LogP contribution in [0.4, 0.5) is 5.95 Å². The van der Waals surface area contributed by atoms with Crippen LogP contribution in [0.15, 0.2) is 66.2 Å². The first-order chi connectivity index (χ1) is 18.3. The molecule has 0 saturated carbocycles. The molecule has 1 aromatic heterocycles. The molecule has 0 radical (unpaired) electrons. The Bertz CT molecular complexity index is 1530. The van der Waals surface area contributed by atoms with Crippen molar-refractivity contribution in [3.8, 4) is 11.5 Å². The van der Waals surface area contributed by atoms with Gasteiger partial charge in [0, 0.05) is 5.56 Å². The number of hydrogen-bond acceptors (Lipinski definition) is 6. The van der Waals surface area contributed by atoms with Crippen LogP contribution in [0.2, 0.25) is 0 Å². The van der Waals surface area contributed by atoms with E-state index in [0.717, 1.165) is 23.1 Å². The second kappa shape index (κ2) is 10.0. The molecule has 0 spiro atoms. The second-order valence-corrected chi connectivity index (χ2v) is 9.33. The minimum Gasteiger partial charge on any atom is -0.507 e. The van der Waals surface area contributed by atoms with Crippen LogP contribution in [0.1, 0.15) is 41.6 Å². The number of ketones is 1. The minimum absolute atomic E-state index is 0.0294. The van der Waals surface area contributed by atoms with Crippen molar-refractivity contribution >= 4 is 34.4 Å². The summed E-state index contributed by atoms with van der Waals surface area (Å²) in [5.41, 5.74) is 4.53. The number of nitrogens with one attached hydrogen (secondary N) is 1. The zero-order valence-corrected chi connectivity index (χ0v) is 21.7. The summed E-state index contributed by atoms with van der Waals surface area (Å²) >= 11 is 0. The molecule has 1 fully saturated rings. The van der Waals surface area contributed by atoms with Crippen LogP contribution in [-0.2, 0) is 9.59 Å². The third-order valence-electron chi connectivity index (χ3n) is 6.77. The van der Waals surface area contributed by atoms with E-state index >= 15 is 0 Å². The molecule has 0 bridgehead atoms. The number of fused-ring (bicyclic) bond motifs is 1. The van der Waals surface area contributed by atoms with Crippen molar-refractivity contribution in [3.05, 3.63) is 88.5 Å². The Balaban J connectivity index is 1.67. The maximum absolute atomic E-state index is 13.5. The van der Waals surface area contributed by atoms with Crippen LogP contribution in [0.5, 0.6) is 11.5 Å². The minimum atomic E-state index is -0.927. The van der Waals surface area contributed by atoms with Crippen molar-refractivity contribution in [2.24, 2.45) is 0 Å². The Hall–Kier alpha value is -4.59. The van der Waals surface area contributed by atoms with Crippen molar-refractivity contribution in [3.63, 3.8) is 0 Å². The quantitative estimate of drug-likeness (QED) is 0.190. The number of H-pyrrole nitrogens is 1. The van der Waals surface area contributed by atoms with Crippen molar-refractivity contribution < 1.29 is 24.2 Å². The number of aliphatic hydroxyl groups is 1. The fourth-order valence-electron chi connectivity index (χ4n) is 4.63. The van der Waals surface area contributed by atoms with Crippen LogP contribution >= 0.6 is 0 Å². The lowest BCUT2D eigenvalue weighted by molar-refractivity contribution is -0.132. The number of aromatic nitrogens is 2. The highest BCUT2D eigenvalue weighted by Gasteiger charge is 2.48. The fourth-order valence-corrected chi connectivity index (χ4v) is 4.63. The SMILES string of the molecule is CCCOc1ccc(/C(O)=C2\C(=O)C(=O)N(c3nc4cc(C)c(C)cc4[nH]3)C2c2cccc(OC)c2)cc1. The molecule has 194 valence electrons. The number of imidazole rings is 1. The molecule has 2 heterocycles. The number of aromatic amines is 1. The van der Waals surface area contributed by atoms with Gasteiger partial charge in [-0.1, -0.05) is 19.1 Å². The Morgan fingerprint density at radius 1 is 1.03 bits per heavy atom. The van der Waals surface area contributed by atoms with Crippen molar-refractivity contribution in [1.29, 1.82) is 0 Å². The Labute approximate surface area is 220 Å². The topological polar surface area (TPSA) is 105 Å². The van der Waals surface area contributed by atoms with Gasteiger partial charge in [-0.05, 0) is 85.5 Å². The number of nitrogens with zero attached hydrogens (tertiary/aromatic N) is 2. The number of aryl methyl sites for hydroxylation is 2. The van der Waals surface area contributed by atoms with Crippen LogP contribution in [0.25, 0.3) is 16.8 Å². The lowest BCUT2D eigenvalue weighted by atomic mass is 9.95. The summed E-state index contributed by atoms with van der Waals surface area (Å²) < 4.78 is 11.0. The molecule has 2 N–H and O–H groups in total. The lowest BCUT2D eigenvalue weighted by Crippen LogP contribution is -2.30. The van der Waals surface area contributed by atoms with E-state index in [1.54, 1.807) is 55.6 Å². The van der Waals surface area contributed by atoms with E-state index in [9.17, 15) is 14.7 Å². The smallest absolute Gasteiger partial charge is 0.302 e. The molecule has 1 atom stereocenters. The van der Waals surface area contributed by atoms with Crippen molar-refractivity contribution in [1.82, 2.24) is 9.97 Å². The molecule has 1 unspecified atom stereocenters. The molecular formula is C30H29N3O5. The summed E-state index contributed by atoms with van der Waals surface area (Å²) in [5, 5.41) is 11.4. The highest BCUT2D eigenvalue weighted by atomic mass is 16.5. The molecule has 4 aromatic rings. The number of benzene rings is 3. The van der Waals surface area contributed by atoms with E-state index in [0.29, 0.717) is 34.7 Å². The van der Waals surface area contributed by atoms with Gasteiger partial charge in [0.05, 0.1) is 36.4 Å². The number of hydrogen-bond donors (Lipinski definition) is 2. The normalized spacial score (nSPS) is 16.8. The van der Waals surface area contributed by atoms with Gasteiger partial charge in [-0.15, -0.1) is 0 Å². The highest BCUT2D eigenvalue weighted by molar-refractivity contribution is 6.51. The standard InChI is InChI=1S/C30H29N3O5/c1-5-13-38-21-11-9-19(10-12-21)27(34)25-26(20-7-6-8-22(16-20)37-4)33(29(36)28(25)35)30-31-23-14-17(2)18(3)15-24(23)32-30/h6-12,14-16,26,34H,5,13H2,1-4H3,(H,31,32)/b27-25+. The molecule has 1 amide bonds. The first-order valence-electron chi connectivity index (χ1n) is 12.5. The third-order valence-corrected chi connectivity index (χ3v) is 6.77. The maximum Gasteiger partial charge on any atom is 0.302 e. The monoisotopic (exact) mass is 511 g/mol. The maximum atomic E-state index is 13.5. The number of carbonyl (C=O) groups is 2. The van der Waals surface area contributed by atoms with Crippen molar-refractivity contribution in [2.75, 3.05) is 18.6 Å². The number of anilines is 1. The van der Waals surface area contributed by atoms with Gasteiger partial charge in [-0.2, -0.15) is 0 Å². The third kappa shape index (κ3) is 4.38. The molecule has 5 rings (SSSR count). The molecule has 0 aliphatic carbocycles. The van der Waals surface area contributed by atoms with E-state index in [4.69, 9.17) is 9.47 Å². The van der Waals surface area contributed by atoms with Crippen LogP contribution in [0, 0.1) is 13.8 Å². The summed E-state index contributed by atoms with van der Waals surface area (Å²) in [7, 11) is 1.54. The fraction of sp³-hybridized carbons (Fsp3) is 0.233. The second-order valence-electron chi connectivity index (χ2n) is 9.33. The van der Waals surface area contributed by atoms with E-state index < -0.39 is 17.7 Å². The molecule has 3 aromatic carbocycles. The molecule has 1 aliphatic rings. The average molecular weight is 512 g/mol. The number of rotatable bonds is 7. The van der Waals surface area contributed by atoms with Crippen LogP contribution in [0.3, 0.4) is 0 Å². The zero-order chi connectivity index (χ0) is 27.0. The van der Waals surface area contributed by atoms with Gasteiger partial charge in [0.25, 0.3) is 5.78 Å². The van der Waals surface area contributed by atoms with Gasteiger partial charge in [-0.3, -0.25) is 14.5 Å². The molecule has 1 saturated heterocycles. The zero-order valence-electron chi connectivity index (χ0n) is 21.7. The van der Waals surface area contributed by atoms with Crippen LogP contribution in [-0.4, -0.2) is 40.5 Å². The molecular weight excluding hydrogens is 482 g/mol. The summed E-state index contributed by atoms with van der Waals surface area (Å²) in [6, 6.07) is 16.8. The Morgan fingerprint density at radius 3 is 2.47 bits per heavy atom. The van der Waals surface area contributed by atoms with Gasteiger partial charge >= 0.3 is 5.91 Å².